The van der Waals surface area contributed by atoms with E-state index >= 15 is 0 Å². The van der Waals surface area contributed by atoms with Gasteiger partial charge in [0.1, 0.15) is 11.6 Å². The summed E-state index contributed by atoms with van der Waals surface area (Å²) in [7, 11) is 2.23. The molecule has 6 fully saturated rings. The van der Waals surface area contributed by atoms with E-state index in [4.69, 9.17) is 19.9 Å². The first-order valence-electron chi connectivity index (χ1n) is 22.1. The third-order valence-electron chi connectivity index (χ3n) is 15.0. The highest BCUT2D eigenvalue weighted by Crippen LogP contribution is 2.41. The van der Waals surface area contributed by atoms with Crippen LogP contribution in [-0.4, -0.2) is 104 Å². The summed E-state index contributed by atoms with van der Waals surface area (Å²) in [4.78, 5) is 56.1. The lowest BCUT2D eigenvalue weighted by atomic mass is 9.74. The van der Waals surface area contributed by atoms with Crippen LogP contribution in [0.25, 0.3) is 0 Å². The van der Waals surface area contributed by atoms with Crippen LogP contribution in [0.1, 0.15) is 135 Å². The standard InChI is InChI=1S/C45H68N8O2/c1-29(2)41(54)34-13-11-33(12-14-34)36-23-48-44(49-24-36)53-39-17-18-40(53)28-51(27-39)45(4,5)20-30(3)42(55)35-9-7-31(8-10-35)19-32-21-46-43(47-22-32)52-37-15-16-38(52)26-50(6)25-37/h21-24,29-31,33-35,37-40H,7-20,25-28H2,1-6H3. The van der Waals surface area contributed by atoms with Gasteiger partial charge in [-0.15, -0.1) is 0 Å². The number of Topliss-reactive ketones (excluding diaryl/α,β-unsaturated/α-hetero) is 2. The lowest BCUT2D eigenvalue weighted by Crippen LogP contribution is -2.60. The van der Waals surface area contributed by atoms with E-state index in [0.29, 0.717) is 47.6 Å². The molecule has 4 aliphatic heterocycles. The molecule has 0 aromatic carbocycles. The molecule has 10 heteroatoms. The van der Waals surface area contributed by atoms with Crippen LogP contribution in [0.3, 0.4) is 0 Å². The number of rotatable bonds is 12. The Morgan fingerprint density at radius 2 is 1.13 bits per heavy atom. The number of nitrogens with zero attached hydrogens (tertiary/aromatic N) is 8. The van der Waals surface area contributed by atoms with Gasteiger partial charge >= 0.3 is 0 Å². The van der Waals surface area contributed by atoms with Crippen LogP contribution in [-0.2, 0) is 16.0 Å². The van der Waals surface area contributed by atoms with E-state index in [1.807, 2.05) is 13.8 Å². The van der Waals surface area contributed by atoms with E-state index in [0.717, 1.165) is 102 Å². The summed E-state index contributed by atoms with van der Waals surface area (Å²) < 4.78 is 0. The van der Waals surface area contributed by atoms with Crippen LogP contribution in [0, 0.1) is 29.6 Å². The van der Waals surface area contributed by atoms with Gasteiger partial charge < -0.3 is 14.7 Å². The number of fused-ring (bicyclic) bond motifs is 4. The van der Waals surface area contributed by atoms with Crippen molar-refractivity contribution in [3.05, 3.63) is 35.9 Å². The SMILES string of the molecule is CC(C)C(=O)C1CCC(c2cnc(N3C4CCC3CN(C(C)(C)CC(C)C(=O)C3CCC(Cc5cnc(N6C7CCC6CN(C)C7)nc5)CC3)C4)nc2)CC1. The molecule has 0 radical (unpaired) electrons. The topological polar surface area (TPSA) is 98.7 Å². The van der Waals surface area contributed by atoms with E-state index < -0.39 is 0 Å². The highest BCUT2D eigenvalue weighted by molar-refractivity contribution is 5.83. The highest BCUT2D eigenvalue weighted by Gasteiger charge is 2.46. The fourth-order valence-corrected chi connectivity index (χ4v) is 12.0. The van der Waals surface area contributed by atoms with Crippen LogP contribution in [0.15, 0.2) is 24.8 Å². The Kier molecular flexibility index (Phi) is 11.4. The summed E-state index contributed by atoms with van der Waals surface area (Å²) in [5, 5.41) is 0. The monoisotopic (exact) mass is 753 g/mol. The maximum atomic E-state index is 13.9. The van der Waals surface area contributed by atoms with Crippen molar-refractivity contribution < 1.29 is 9.59 Å². The fraction of sp³-hybridized carbons (Fsp3) is 0.778. The van der Waals surface area contributed by atoms with Crippen LogP contribution in [0.2, 0.25) is 0 Å². The molecule has 2 aromatic heterocycles. The minimum atomic E-state index is -0.0461. The van der Waals surface area contributed by atoms with Crippen LogP contribution in [0.4, 0.5) is 11.9 Å². The number of carbonyl (C=O) groups excluding carboxylic acids is 2. The second-order valence-electron chi connectivity index (χ2n) is 19.8. The molecule has 300 valence electrons. The molecule has 55 heavy (non-hydrogen) atoms. The number of ketones is 2. The van der Waals surface area contributed by atoms with Gasteiger partial charge in [-0.2, -0.15) is 0 Å². The fourth-order valence-electron chi connectivity index (χ4n) is 12.0. The van der Waals surface area contributed by atoms with Crippen molar-refractivity contribution in [1.82, 2.24) is 29.7 Å². The van der Waals surface area contributed by atoms with Gasteiger partial charge in [0, 0.05) is 104 Å². The van der Waals surface area contributed by atoms with Crippen molar-refractivity contribution in [2.45, 2.75) is 160 Å². The molecule has 2 aliphatic carbocycles. The van der Waals surface area contributed by atoms with Crippen molar-refractivity contribution >= 4 is 23.5 Å². The van der Waals surface area contributed by atoms with Gasteiger partial charge in [0.05, 0.1) is 0 Å². The normalized spacial score (nSPS) is 32.3. The third kappa shape index (κ3) is 8.23. The molecule has 2 saturated carbocycles. The first-order chi connectivity index (χ1) is 26.4. The van der Waals surface area contributed by atoms with E-state index in [2.05, 4.69) is 72.2 Å². The average Bonchev–Trinajstić information content (AvgIpc) is 3.61. The lowest BCUT2D eigenvalue weighted by molar-refractivity contribution is -0.129. The van der Waals surface area contributed by atoms with Gasteiger partial charge in [0.25, 0.3) is 0 Å². The second kappa shape index (κ2) is 16.1. The minimum Gasteiger partial charge on any atom is -0.332 e. The number of likely N-dealkylation sites (tertiary alicyclic amines) is 2. The molecule has 0 spiro atoms. The molecule has 5 unspecified atom stereocenters. The number of hydrogen-bond acceptors (Lipinski definition) is 10. The third-order valence-corrected chi connectivity index (χ3v) is 15.0. The van der Waals surface area contributed by atoms with Crippen molar-refractivity contribution in [1.29, 1.82) is 0 Å². The number of anilines is 2. The zero-order chi connectivity index (χ0) is 38.4. The predicted molar refractivity (Wildman–Crippen MR) is 218 cm³/mol. The first kappa shape index (κ1) is 38.9. The number of aromatic nitrogens is 4. The van der Waals surface area contributed by atoms with Crippen LogP contribution in [0.5, 0.6) is 0 Å². The second-order valence-corrected chi connectivity index (χ2v) is 19.8. The summed E-state index contributed by atoms with van der Waals surface area (Å²) in [5.41, 5.74) is 2.42. The van der Waals surface area contributed by atoms with Gasteiger partial charge in [0.2, 0.25) is 11.9 Å². The molecule has 4 saturated heterocycles. The molecule has 0 amide bonds. The van der Waals surface area contributed by atoms with E-state index in [9.17, 15) is 9.59 Å². The van der Waals surface area contributed by atoms with Gasteiger partial charge in [-0.25, -0.2) is 19.9 Å². The molecule has 4 bridgehead atoms. The molecule has 6 heterocycles. The highest BCUT2D eigenvalue weighted by atomic mass is 16.1. The van der Waals surface area contributed by atoms with Crippen molar-refractivity contribution in [3.63, 3.8) is 0 Å². The lowest BCUT2D eigenvalue weighted by Gasteiger charge is -2.48. The van der Waals surface area contributed by atoms with E-state index in [-0.39, 0.29) is 29.2 Å². The quantitative estimate of drug-likeness (QED) is 0.223. The number of hydrogen-bond donors (Lipinski definition) is 0. The van der Waals surface area contributed by atoms with Crippen LogP contribution < -0.4 is 9.80 Å². The molecule has 0 N–H and O–H groups in total. The Morgan fingerprint density at radius 1 is 0.655 bits per heavy atom. The minimum absolute atomic E-state index is 0.0461. The van der Waals surface area contributed by atoms with E-state index in [1.165, 1.54) is 36.8 Å². The maximum absolute atomic E-state index is 13.9. The first-order valence-corrected chi connectivity index (χ1v) is 22.1. The molecule has 6 aliphatic rings. The number of piperazine rings is 2. The van der Waals surface area contributed by atoms with Gasteiger partial charge in [-0.1, -0.05) is 20.8 Å². The zero-order valence-corrected chi connectivity index (χ0v) is 34.7. The Labute approximate surface area is 330 Å². The van der Waals surface area contributed by atoms with Gasteiger partial charge in [-0.05, 0) is 134 Å². The van der Waals surface area contributed by atoms with Gasteiger partial charge in [-0.3, -0.25) is 14.5 Å². The zero-order valence-electron chi connectivity index (χ0n) is 34.7. The molecular formula is C45H68N8O2. The number of likely N-dealkylation sites (N-methyl/N-ethyl adjacent to an activating group) is 1. The Hall–Kier alpha value is -2.98. The largest absolute Gasteiger partial charge is 0.332 e. The number of carbonyl (C=O) groups is 2. The Morgan fingerprint density at radius 3 is 1.65 bits per heavy atom. The summed E-state index contributed by atoms with van der Waals surface area (Å²) in [6.07, 6.45) is 23.4. The molecular weight excluding hydrogens is 685 g/mol. The Bertz CT molecular complexity index is 1600. The molecule has 5 atom stereocenters. The summed E-state index contributed by atoms with van der Waals surface area (Å²) in [6.45, 7) is 15.2. The predicted octanol–water partition coefficient (Wildman–Crippen LogP) is 7.12. The summed E-state index contributed by atoms with van der Waals surface area (Å²) in [6, 6.07) is 1.91. The van der Waals surface area contributed by atoms with Crippen molar-refractivity contribution in [3.8, 4) is 0 Å². The van der Waals surface area contributed by atoms with Gasteiger partial charge in [0.15, 0.2) is 0 Å². The summed E-state index contributed by atoms with van der Waals surface area (Å²) >= 11 is 0. The summed E-state index contributed by atoms with van der Waals surface area (Å²) in [5.74, 6) is 4.38. The van der Waals surface area contributed by atoms with Crippen molar-refractivity contribution in [2.24, 2.45) is 29.6 Å². The average molecular weight is 753 g/mol. The molecule has 10 nitrogen and oxygen atoms in total. The van der Waals surface area contributed by atoms with E-state index in [1.54, 1.807) is 0 Å². The smallest absolute Gasteiger partial charge is 0.225 e. The van der Waals surface area contributed by atoms with Crippen LogP contribution >= 0.6 is 0 Å². The molecule has 2 aromatic rings. The van der Waals surface area contributed by atoms with Crippen molar-refractivity contribution in [2.75, 3.05) is 43.0 Å². The molecule has 8 rings (SSSR count). The Balaban J connectivity index is 0.790. The maximum Gasteiger partial charge on any atom is 0.225 e.